The molecule has 0 N–H and O–H groups in total. The van der Waals surface area contributed by atoms with Crippen LogP contribution in [-0.4, -0.2) is 21.1 Å². The van der Waals surface area contributed by atoms with Crippen molar-refractivity contribution in [3.8, 4) is 10.6 Å². The van der Waals surface area contributed by atoms with Gasteiger partial charge >= 0.3 is 5.97 Å². The molecule has 130 valence electrons. The molecule has 8 heteroatoms. The molecule has 0 amide bonds. The summed E-state index contributed by atoms with van der Waals surface area (Å²) in [5.74, 6) is 0.645. The Morgan fingerprint density at radius 3 is 2.92 bits per heavy atom. The van der Waals surface area contributed by atoms with Crippen LogP contribution < -0.4 is 0 Å². The molecule has 25 heavy (non-hydrogen) atoms. The molecule has 0 radical (unpaired) electrons. The van der Waals surface area contributed by atoms with Gasteiger partial charge in [-0.2, -0.15) is 4.98 Å². The molecule has 2 heterocycles. The molecule has 0 atom stereocenters. The topological polar surface area (TPSA) is 78.1 Å². The van der Waals surface area contributed by atoms with Crippen molar-refractivity contribution < 1.29 is 14.1 Å². The van der Waals surface area contributed by atoms with Crippen LogP contribution in [0.25, 0.3) is 10.6 Å². The van der Waals surface area contributed by atoms with Gasteiger partial charge in [0.15, 0.2) is 12.4 Å². The first kappa shape index (κ1) is 17.6. The molecule has 0 fully saturated rings. The zero-order valence-electron chi connectivity index (χ0n) is 13.7. The van der Waals surface area contributed by atoms with Crippen LogP contribution in [-0.2, 0) is 22.6 Å². The predicted molar refractivity (Wildman–Crippen MR) is 94.4 cm³/mol. The lowest BCUT2D eigenvalue weighted by Gasteiger charge is -2.00. The van der Waals surface area contributed by atoms with E-state index in [4.69, 9.17) is 20.9 Å². The second-order valence-electron chi connectivity index (χ2n) is 5.69. The van der Waals surface area contributed by atoms with E-state index in [1.807, 2.05) is 37.4 Å². The van der Waals surface area contributed by atoms with E-state index in [2.05, 4.69) is 15.1 Å². The fourth-order valence-corrected chi connectivity index (χ4v) is 3.05. The van der Waals surface area contributed by atoms with Crippen molar-refractivity contribution in [3.05, 3.63) is 52.1 Å². The van der Waals surface area contributed by atoms with E-state index in [1.165, 1.54) is 11.3 Å². The largest absolute Gasteiger partial charge is 0.455 e. The Kier molecular flexibility index (Phi) is 5.45. The Morgan fingerprint density at radius 2 is 2.20 bits per heavy atom. The highest BCUT2D eigenvalue weighted by molar-refractivity contribution is 7.13. The number of carbonyl (C=O) groups excluding carboxylic acids is 1. The number of hydrogen-bond acceptors (Lipinski definition) is 7. The van der Waals surface area contributed by atoms with Crippen molar-refractivity contribution in [3.63, 3.8) is 0 Å². The zero-order chi connectivity index (χ0) is 17.8. The molecule has 0 saturated heterocycles. The summed E-state index contributed by atoms with van der Waals surface area (Å²) in [6.45, 7) is 3.88. The van der Waals surface area contributed by atoms with E-state index in [1.54, 1.807) is 6.07 Å². The van der Waals surface area contributed by atoms with Crippen molar-refractivity contribution in [2.24, 2.45) is 0 Å². The number of thiazole rings is 1. The number of benzene rings is 1. The molecule has 3 aromatic rings. The number of hydrogen-bond donors (Lipinski definition) is 0. The zero-order valence-corrected chi connectivity index (χ0v) is 15.3. The Bertz CT molecular complexity index is 875. The van der Waals surface area contributed by atoms with Gasteiger partial charge in [-0.25, -0.2) is 4.98 Å². The first-order chi connectivity index (χ1) is 12.0. The van der Waals surface area contributed by atoms with Gasteiger partial charge in [0.1, 0.15) is 5.01 Å². The first-order valence-corrected chi connectivity index (χ1v) is 8.95. The molecule has 0 bridgehead atoms. The second kappa shape index (κ2) is 7.76. The summed E-state index contributed by atoms with van der Waals surface area (Å²) in [5.41, 5.74) is 1.57. The lowest BCUT2D eigenvalue weighted by molar-refractivity contribution is -0.144. The van der Waals surface area contributed by atoms with Crippen molar-refractivity contribution in [1.82, 2.24) is 15.1 Å². The summed E-state index contributed by atoms with van der Waals surface area (Å²) in [7, 11) is 0. The highest BCUT2D eigenvalue weighted by Gasteiger charge is 2.14. The SMILES string of the molecule is CC(C)c1noc(COC(=O)Cc2csc(-c3cccc(Cl)c3)n2)n1. The number of ether oxygens (including phenoxy) is 1. The minimum absolute atomic E-state index is 0.0379. The molecule has 6 nitrogen and oxygen atoms in total. The van der Waals surface area contributed by atoms with Gasteiger partial charge in [-0.05, 0) is 12.1 Å². The molecule has 0 aliphatic heterocycles. The van der Waals surface area contributed by atoms with E-state index in [0.29, 0.717) is 16.5 Å². The van der Waals surface area contributed by atoms with Gasteiger partial charge in [-0.15, -0.1) is 11.3 Å². The van der Waals surface area contributed by atoms with Gasteiger partial charge < -0.3 is 9.26 Å². The minimum atomic E-state index is -0.396. The predicted octanol–water partition coefficient (Wildman–Crippen LogP) is 4.26. The normalized spacial score (nSPS) is 11.0. The summed E-state index contributed by atoms with van der Waals surface area (Å²) < 4.78 is 10.2. The number of aromatic nitrogens is 3. The number of carbonyl (C=O) groups is 1. The summed E-state index contributed by atoms with van der Waals surface area (Å²) in [5, 5.41) is 7.11. The Morgan fingerprint density at radius 1 is 1.36 bits per heavy atom. The average Bonchev–Trinajstić information content (AvgIpc) is 3.22. The van der Waals surface area contributed by atoms with Crippen molar-refractivity contribution in [1.29, 1.82) is 0 Å². The Hall–Kier alpha value is -2.25. The van der Waals surface area contributed by atoms with Gasteiger partial charge in [0.05, 0.1) is 12.1 Å². The highest BCUT2D eigenvalue weighted by Crippen LogP contribution is 2.26. The maximum atomic E-state index is 12.0. The van der Waals surface area contributed by atoms with Crippen LogP contribution in [0.5, 0.6) is 0 Å². The fourth-order valence-electron chi connectivity index (χ4n) is 2.04. The third-order valence-electron chi connectivity index (χ3n) is 3.31. The molecule has 3 rings (SSSR count). The maximum absolute atomic E-state index is 12.0. The van der Waals surface area contributed by atoms with Gasteiger partial charge in [0.2, 0.25) is 0 Å². The van der Waals surface area contributed by atoms with Crippen LogP contribution in [0, 0.1) is 0 Å². The lowest BCUT2D eigenvalue weighted by Crippen LogP contribution is -2.08. The van der Waals surface area contributed by atoms with Crippen LogP contribution in [0.4, 0.5) is 0 Å². The third kappa shape index (κ3) is 4.64. The van der Waals surface area contributed by atoms with Gasteiger partial charge in [-0.3, -0.25) is 4.79 Å². The average molecular weight is 378 g/mol. The van der Waals surface area contributed by atoms with E-state index in [0.717, 1.165) is 10.6 Å². The van der Waals surface area contributed by atoms with Crippen LogP contribution in [0.15, 0.2) is 34.2 Å². The molecular formula is C17H16ClN3O3S. The van der Waals surface area contributed by atoms with E-state index < -0.39 is 5.97 Å². The number of esters is 1. The monoisotopic (exact) mass is 377 g/mol. The van der Waals surface area contributed by atoms with Crippen molar-refractivity contribution in [2.45, 2.75) is 32.8 Å². The fraction of sp³-hybridized carbons (Fsp3) is 0.294. The minimum Gasteiger partial charge on any atom is -0.455 e. The van der Waals surface area contributed by atoms with E-state index in [-0.39, 0.29) is 24.8 Å². The second-order valence-corrected chi connectivity index (χ2v) is 6.99. The molecule has 2 aromatic heterocycles. The molecule has 0 unspecified atom stereocenters. The Balaban J connectivity index is 1.56. The van der Waals surface area contributed by atoms with E-state index in [9.17, 15) is 4.79 Å². The van der Waals surface area contributed by atoms with Gasteiger partial charge in [0.25, 0.3) is 5.89 Å². The quantitative estimate of drug-likeness (QED) is 0.597. The third-order valence-corrected chi connectivity index (χ3v) is 4.48. The smallest absolute Gasteiger partial charge is 0.312 e. The molecule has 0 aliphatic rings. The Labute approximate surface area is 153 Å². The van der Waals surface area contributed by atoms with Crippen LogP contribution in [0.2, 0.25) is 5.02 Å². The summed E-state index contributed by atoms with van der Waals surface area (Å²) >= 11 is 7.45. The number of rotatable bonds is 6. The van der Waals surface area contributed by atoms with Crippen LogP contribution in [0.3, 0.4) is 0 Å². The molecule has 0 spiro atoms. The molecule has 0 aliphatic carbocycles. The number of nitrogens with zero attached hydrogens (tertiary/aromatic N) is 3. The van der Waals surface area contributed by atoms with Gasteiger partial charge in [-0.1, -0.05) is 42.7 Å². The number of halogens is 1. The van der Waals surface area contributed by atoms with Crippen LogP contribution >= 0.6 is 22.9 Å². The van der Waals surface area contributed by atoms with Crippen molar-refractivity contribution in [2.75, 3.05) is 0 Å². The molecule has 0 saturated carbocycles. The maximum Gasteiger partial charge on any atom is 0.312 e. The van der Waals surface area contributed by atoms with Gasteiger partial charge in [0, 0.05) is 21.9 Å². The summed E-state index contributed by atoms with van der Waals surface area (Å²) in [6, 6.07) is 7.43. The lowest BCUT2D eigenvalue weighted by atomic mass is 10.2. The van der Waals surface area contributed by atoms with Crippen LogP contribution in [0.1, 0.15) is 37.2 Å². The summed E-state index contributed by atoms with van der Waals surface area (Å²) in [4.78, 5) is 20.6. The highest BCUT2D eigenvalue weighted by atomic mass is 35.5. The van der Waals surface area contributed by atoms with E-state index >= 15 is 0 Å². The molecular weight excluding hydrogens is 362 g/mol. The van der Waals surface area contributed by atoms with Crippen molar-refractivity contribution >= 4 is 28.9 Å². The summed E-state index contributed by atoms with van der Waals surface area (Å²) in [6.07, 6.45) is 0.0856. The standard InChI is InChI=1S/C17H16ClN3O3S/c1-10(2)16-20-14(24-21-16)8-23-15(22)7-13-9-25-17(19-13)11-4-3-5-12(18)6-11/h3-6,9-10H,7-8H2,1-2H3. The molecule has 1 aromatic carbocycles. The first-order valence-electron chi connectivity index (χ1n) is 7.69.